The van der Waals surface area contributed by atoms with Gasteiger partial charge in [0.05, 0.1) is 5.56 Å². The zero-order valence-corrected chi connectivity index (χ0v) is 14.3. The monoisotopic (exact) mass is 382 g/mol. The molecule has 1 amide bonds. The van der Waals surface area contributed by atoms with Crippen molar-refractivity contribution in [3.05, 3.63) is 63.1 Å². The van der Waals surface area contributed by atoms with Crippen LogP contribution in [0.5, 0.6) is 0 Å². The normalized spacial score (nSPS) is 10.2. The number of benzene rings is 2. The number of carbonyl (C=O) groups excluding carboxylic acids is 1. The Bertz CT molecular complexity index is 721. The first kappa shape index (κ1) is 15.9. The minimum absolute atomic E-state index is 0.176. The standard InChI is InChI=1S/C15H12BrClN2OS/c1-19(11-4-2-3-9(7-11)14(18)21)15(20)12-8-10(17)5-6-13(12)16/h2-8H,1H3,(H2,18,21). The van der Waals surface area contributed by atoms with Crippen LogP contribution in [-0.2, 0) is 0 Å². The maximum absolute atomic E-state index is 12.6. The first-order valence-electron chi connectivity index (χ1n) is 6.03. The highest BCUT2D eigenvalue weighted by Crippen LogP contribution is 2.24. The molecule has 3 nitrogen and oxygen atoms in total. The van der Waals surface area contributed by atoms with E-state index in [1.54, 1.807) is 43.4 Å². The van der Waals surface area contributed by atoms with Crippen LogP contribution in [0, 0.1) is 0 Å². The molecule has 2 aromatic rings. The molecule has 2 N–H and O–H groups in total. The Morgan fingerprint density at radius 1 is 1.29 bits per heavy atom. The van der Waals surface area contributed by atoms with E-state index in [4.69, 9.17) is 29.6 Å². The predicted octanol–water partition coefficient (Wildman–Crippen LogP) is 4.01. The molecular formula is C15H12BrClN2OS. The summed E-state index contributed by atoms with van der Waals surface area (Å²) in [6.07, 6.45) is 0. The Morgan fingerprint density at radius 3 is 2.67 bits per heavy atom. The fraction of sp³-hybridized carbons (Fsp3) is 0.0667. The largest absolute Gasteiger partial charge is 0.389 e. The lowest BCUT2D eigenvalue weighted by Gasteiger charge is -2.19. The fourth-order valence-electron chi connectivity index (χ4n) is 1.83. The van der Waals surface area contributed by atoms with Crippen molar-refractivity contribution in [1.29, 1.82) is 0 Å². The molecule has 108 valence electrons. The summed E-state index contributed by atoms with van der Waals surface area (Å²) in [6, 6.07) is 12.3. The van der Waals surface area contributed by atoms with Gasteiger partial charge in [0.2, 0.25) is 0 Å². The number of amides is 1. The van der Waals surface area contributed by atoms with Crippen LogP contribution in [0.25, 0.3) is 0 Å². The van der Waals surface area contributed by atoms with E-state index in [1.807, 2.05) is 6.07 Å². The Labute approximate surface area is 141 Å². The fourth-order valence-corrected chi connectivity index (χ4v) is 2.54. The van der Waals surface area contributed by atoms with E-state index in [-0.39, 0.29) is 5.91 Å². The van der Waals surface area contributed by atoms with Gasteiger partial charge >= 0.3 is 0 Å². The van der Waals surface area contributed by atoms with Crippen LogP contribution in [0.3, 0.4) is 0 Å². The lowest BCUT2D eigenvalue weighted by Crippen LogP contribution is -2.27. The molecule has 0 saturated heterocycles. The second-order valence-corrected chi connectivity index (χ2v) is 6.13. The maximum Gasteiger partial charge on any atom is 0.259 e. The second-order valence-electron chi connectivity index (χ2n) is 4.40. The molecule has 0 radical (unpaired) electrons. The van der Waals surface area contributed by atoms with Gasteiger partial charge in [-0.15, -0.1) is 0 Å². The van der Waals surface area contributed by atoms with Crippen molar-refractivity contribution in [2.24, 2.45) is 5.73 Å². The molecule has 0 aliphatic carbocycles. The average molecular weight is 384 g/mol. The second kappa shape index (κ2) is 6.56. The molecule has 0 aliphatic rings. The summed E-state index contributed by atoms with van der Waals surface area (Å²) >= 11 is 14.3. The molecule has 0 spiro atoms. The van der Waals surface area contributed by atoms with Crippen LogP contribution in [0.1, 0.15) is 15.9 Å². The zero-order valence-electron chi connectivity index (χ0n) is 11.1. The number of nitrogens with two attached hydrogens (primary N) is 1. The van der Waals surface area contributed by atoms with Crippen molar-refractivity contribution >= 4 is 56.3 Å². The Balaban J connectivity index is 2.37. The third kappa shape index (κ3) is 3.61. The van der Waals surface area contributed by atoms with Gasteiger partial charge in [-0.3, -0.25) is 4.79 Å². The molecule has 0 heterocycles. The summed E-state index contributed by atoms with van der Waals surface area (Å²) in [4.78, 5) is 14.4. The van der Waals surface area contributed by atoms with Crippen LogP contribution in [0.4, 0.5) is 5.69 Å². The van der Waals surface area contributed by atoms with Crippen LogP contribution in [0.2, 0.25) is 5.02 Å². The van der Waals surface area contributed by atoms with Crippen LogP contribution in [0.15, 0.2) is 46.9 Å². The number of thiocarbonyl (C=S) groups is 1. The van der Waals surface area contributed by atoms with Gasteiger partial charge in [0, 0.05) is 27.8 Å². The van der Waals surface area contributed by atoms with Gasteiger partial charge in [-0.1, -0.05) is 36.0 Å². The topological polar surface area (TPSA) is 46.3 Å². The number of anilines is 1. The molecule has 2 aromatic carbocycles. The lowest BCUT2D eigenvalue weighted by molar-refractivity contribution is 0.0992. The summed E-state index contributed by atoms with van der Waals surface area (Å²) in [5.41, 5.74) is 7.53. The first-order chi connectivity index (χ1) is 9.90. The molecule has 0 atom stereocenters. The highest BCUT2D eigenvalue weighted by atomic mass is 79.9. The number of rotatable bonds is 3. The van der Waals surface area contributed by atoms with Crippen molar-refractivity contribution in [2.75, 3.05) is 11.9 Å². The Kier molecular flexibility index (Phi) is 4.98. The molecule has 0 unspecified atom stereocenters. The highest BCUT2D eigenvalue weighted by Gasteiger charge is 2.17. The van der Waals surface area contributed by atoms with E-state index in [0.29, 0.717) is 31.3 Å². The van der Waals surface area contributed by atoms with E-state index in [1.165, 1.54) is 4.90 Å². The third-order valence-electron chi connectivity index (χ3n) is 2.98. The molecule has 0 aromatic heterocycles. The highest BCUT2D eigenvalue weighted by molar-refractivity contribution is 9.10. The van der Waals surface area contributed by atoms with Gasteiger partial charge in [-0.25, -0.2) is 0 Å². The molecule has 6 heteroatoms. The minimum atomic E-state index is -0.176. The van der Waals surface area contributed by atoms with Crippen molar-refractivity contribution in [1.82, 2.24) is 0 Å². The van der Waals surface area contributed by atoms with E-state index in [9.17, 15) is 4.79 Å². The molecule has 2 rings (SSSR count). The predicted molar refractivity (Wildman–Crippen MR) is 94.2 cm³/mol. The van der Waals surface area contributed by atoms with Crippen LogP contribution < -0.4 is 10.6 Å². The summed E-state index contributed by atoms with van der Waals surface area (Å²) < 4.78 is 0.689. The number of carbonyl (C=O) groups is 1. The number of hydrogen-bond acceptors (Lipinski definition) is 2. The van der Waals surface area contributed by atoms with E-state index in [2.05, 4.69) is 15.9 Å². The quantitative estimate of drug-likeness (QED) is 0.815. The van der Waals surface area contributed by atoms with E-state index in [0.717, 1.165) is 0 Å². The lowest BCUT2D eigenvalue weighted by atomic mass is 10.1. The third-order valence-corrected chi connectivity index (χ3v) is 4.14. The van der Waals surface area contributed by atoms with Crippen LogP contribution >= 0.6 is 39.7 Å². The summed E-state index contributed by atoms with van der Waals surface area (Å²) in [6.45, 7) is 0. The Hall–Kier alpha value is -1.43. The molecule has 0 bridgehead atoms. The summed E-state index contributed by atoms with van der Waals surface area (Å²) in [5.74, 6) is -0.176. The zero-order chi connectivity index (χ0) is 15.6. The minimum Gasteiger partial charge on any atom is -0.389 e. The van der Waals surface area contributed by atoms with Crippen LogP contribution in [-0.4, -0.2) is 17.9 Å². The van der Waals surface area contributed by atoms with Gasteiger partial charge in [-0.2, -0.15) is 0 Å². The number of nitrogens with zero attached hydrogens (tertiary/aromatic N) is 1. The van der Waals surface area contributed by atoms with Crippen molar-refractivity contribution in [2.45, 2.75) is 0 Å². The van der Waals surface area contributed by atoms with Gasteiger partial charge in [-0.05, 0) is 46.3 Å². The van der Waals surface area contributed by atoms with Crippen molar-refractivity contribution in [3.63, 3.8) is 0 Å². The van der Waals surface area contributed by atoms with E-state index >= 15 is 0 Å². The summed E-state index contributed by atoms with van der Waals surface area (Å²) in [7, 11) is 1.69. The van der Waals surface area contributed by atoms with Gasteiger partial charge in [0.15, 0.2) is 0 Å². The van der Waals surface area contributed by atoms with E-state index < -0.39 is 0 Å². The van der Waals surface area contributed by atoms with Crippen molar-refractivity contribution < 1.29 is 4.79 Å². The van der Waals surface area contributed by atoms with Gasteiger partial charge in [0.25, 0.3) is 5.91 Å². The molecular weight excluding hydrogens is 372 g/mol. The summed E-state index contributed by atoms with van der Waals surface area (Å²) in [5, 5.41) is 0.506. The number of halogens is 2. The van der Waals surface area contributed by atoms with Crippen molar-refractivity contribution in [3.8, 4) is 0 Å². The maximum atomic E-state index is 12.6. The smallest absolute Gasteiger partial charge is 0.259 e. The number of hydrogen-bond donors (Lipinski definition) is 1. The molecule has 21 heavy (non-hydrogen) atoms. The average Bonchev–Trinajstić information content (AvgIpc) is 2.48. The molecule has 0 aliphatic heterocycles. The molecule has 0 fully saturated rings. The SMILES string of the molecule is CN(C(=O)c1cc(Cl)ccc1Br)c1cccc(C(N)=S)c1. The van der Waals surface area contributed by atoms with Gasteiger partial charge < -0.3 is 10.6 Å². The van der Waals surface area contributed by atoms with Gasteiger partial charge in [0.1, 0.15) is 4.99 Å². The Morgan fingerprint density at radius 2 is 2.00 bits per heavy atom. The molecule has 0 saturated carbocycles. The first-order valence-corrected chi connectivity index (χ1v) is 7.61.